The summed E-state index contributed by atoms with van der Waals surface area (Å²) in [7, 11) is 0. The summed E-state index contributed by atoms with van der Waals surface area (Å²) < 4.78 is 14.9. The van der Waals surface area contributed by atoms with Gasteiger partial charge in [0.2, 0.25) is 0 Å². The molecule has 1 aromatic heterocycles. The van der Waals surface area contributed by atoms with Crippen LogP contribution < -0.4 is 5.32 Å². The summed E-state index contributed by atoms with van der Waals surface area (Å²) in [5, 5.41) is 5.16. The van der Waals surface area contributed by atoms with Crippen molar-refractivity contribution in [2.75, 3.05) is 5.32 Å². The highest BCUT2D eigenvalue weighted by molar-refractivity contribution is 6.35. The van der Waals surface area contributed by atoms with Gasteiger partial charge in [-0.1, -0.05) is 166 Å². The van der Waals surface area contributed by atoms with Crippen LogP contribution in [0, 0.1) is 17.7 Å². The van der Waals surface area contributed by atoms with Crippen LogP contribution in [0.2, 0.25) is 5.02 Å². The summed E-state index contributed by atoms with van der Waals surface area (Å²) in [6, 6.07) is 3.82. The van der Waals surface area contributed by atoms with E-state index in [0.717, 1.165) is 35.6 Å². The lowest BCUT2D eigenvalue weighted by atomic mass is 9.81. The van der Waals surface area contributed by atoms with Crippen molar-refractivity contribution in [3.63, 3.8) is 0 Å². The molecule has 2 fully saturated rings. The number of halogens is 2. The SMILES string of the molecule is Fc1cc2[nH]cc(Cl)c2cc1NC1CCCCCCCCC(CC2CCCCCCCCCCCCC2)CCCCC1. The lowest BCUT2D eigenvalue weighted by Gasteiger charge is -2.25. The molecule has 4 rings (SSSR count). The first kappa shape index (κ1) is 33.7. The fourth-order valence-corrected chi connectivity index (χ4v) is 8.16. The molecular formula is C38H62ClFN2. The second-order valence-corrected chi connectivity index (χ2v) is 14.5. The van der Waals surface area contributed by atoms with E-state index in [1.54, 1.807) is 12.3 Å². The Kier molecular flexibility index (Phi) is 16.0. The summed E-state index contributed by atoms with van der Waals surface area (Å²) in [5.74, 6) is 1.71. The van der Waals surface area contributed by atoms with Crippen LogP contribution in [0.1, 0.15) is 173 Å². The molecule has 2 N–H and O–H groups in total. The molecule has 0 bridgehead atoms. The molecule has 2 aromatic rings. The van der Waals surface area contributed by atoms with E-state index in [0.29, 0.717) is 16.8 Å². The molecule has 0 spiro atoms. The van der Waals surface area contributed by atoms with Gasteiger partial charge in [0.1, 0.15) is 5.82 Å². The summed E-state index contributed by atoms with van der Waals surface area (Å²) >= 11 is 6.35. The van der Waals surface area contributed by atoms with Gasteiger partial charge in [0.05, 0.1) is 10.7 Å². The molecule has 1 heterocycles. The second-order valence-electron chi connectivity index (χ2n) is 14.1. The average molecular weight is 601 g/mol. The van der Waals surface area contributed by atoms with E-state index < -0.39 is 0 Å². The first-order chi connectivity index (χ1) is 20.7. The van der Waals surface area contributed by atoms with Gasteiger partial charge in [-0.2, -0.15) is 0 Å². The van der Waals surface area contributed by atoms with Crippen molar-refractivity contribution in [1.29, 1.82) is 0 Å². The molecule has 2 aliphatic rings. The number of aromatic amines is 1. The lowest BCUT2D eigenvalue weighted by molar-refractivity contribution is 0.281. The molecule has 0 aliphatic heterocycles. The van der Waals surface area contributed by atoms with Gasteiger partial charge in [-0.05, 0) is 37.2 Å². The molecule has 2 atom stereocenters. The number of rotatable bonds is 4. The van der Waals surface area contributed by atoms with Crippen LogP contribution in [0.4, 0.5) is 10.1 Å². The maximum atomic E-state index is 14.9. The highest BCUT2D eigenvalue weighted by Gasteiger charge is 2.18. The summed E-state index contributed by atoms with van der Waals surface area (Å²) in [6.45, 7) is 0. The summed E-state index contributed by atoms with van der Waals surface area (Å²) in [5.41, 5.74) is 1.37. The zero-order chi connectivity index (χ0) is 29.2. The third-order valence-electron chi connectivity index (χ3n) is 10.5. The Labute approximate surface area is 262 Å². The lowest BCUT2D eigenvalue weighted by Crippen LogP contribution is -2.20. The molecule has 2 aliphatic carbocycles. The Balaban J connectivity index is 1.28. The highest BCUT2D eigenvalue weighted by atomic mass is 35.5. The van der Waals surface area contributed by atoms with E-state index in [4.69, 9.17) is 11.6 Å². The Hall–Kier alpha value is -1.22. The molecule has 2 saturated carbocycles. The third-order valence-corrected chi connectivity index (χ3v) is 10.9. The maximum absolute atomic E-state index is 14.9. The Morgan fingerprint density at radius 1 is 0.595 bits per heavy atom. The standard InChI is InChI=1S/C38H62ClFN2/c39-35-30-41-37-29-36(40)38(28-34(35)37)42-33-25-19-13-9-8-12-17-23-32(24-18-14-20-26-33)27-31-21-15-10-6-4-2-1-3-5-7-11-16-22-31/h28-33,41-42H,1-27H2. The number of anilines is 1. The minimum atomic E-state index is -0.183. The van der Waals surface area contributed by atoms with Crippen LogP contribution in [0.3, 0.4) is 0 Å². The molecule has 0 amide bonds. The van der Waals surface area contributed by atoms with Crippen LogP contribution in [-0.2, 0) is 0 Å². The number of H-pyrrole nitrogens is 1. The Bertz CT molecular complexity index is 973. The second kappa shape index (κ2) is 19.9. The van der Waals surface area contributed by atoms with Gasteiger partial charge in [-0.15, -0.1) is 0 Å². The van der Waals surface area contributed by atoms with Gasteiger partial charge in [0, 0.05) is 29.2 Å². The smallest absolute Gasteiger partial charge is 0.148 e. The predicted molar refractivity (Wildman–Crippen MR) is 182 cm³/mol. The molecule has 1 aromatic carbocycles. The molecule has 0 saturated heterocycles. The molecule has 42 heavy (non-hydrogen) atoms. The fraction of sp³-hybridized carbons (Fsp3) is 0.789. The van der Waals surface area contributed by atoms with Crippen molar-refractivity contribution in [2.24, 2.45) is 11.8 Å². The molecule has 0 radical (unpaired) electrons. The van der Waals surface area contributed by atoms with Crippen molar-refractivity contribution in [3.05, 3.63) is 29.2 Å². The first-order valence-corrected chi connectivity index (χ1v) is 18.8. The number of fused-ring (bicyclic) bond motifs is 1. The summed E-state index contributed by atoms with van der Waals surface area (Å²) in [6.07, 6.45) is 39.5. The van der Waals surface area contributed by atoms with E-state index >= 15 is 0 Å². The topological polar surface area (TPSA) is 27.8 Å². The van der Waals surface area contributed by atoms with E-state index in [-0.39, 0.29) is 5.82 Å². The Morgan fingerprint density at radius 3 is 1.48 bits per heavy atom. The molecule has 4 heteroatoms. The largest absolute Gasteiger partial charge is 0.380 e. The minimum absolute atomic E-state index is 0.183. The number of nitrogens with one attached hydrogen (secondary N) is 2. The quantitative estimate of drug-likeness (QED) is 0.359. The van der Waals surface area contributed by atoms with Crippen molar-refractivity contribution in [2.45, 2.75) is 179 Å². The average Bonchev–Trinajstić information content (AvgIpc) is 3.33. The normalized spacial score (nSPS) is 24.8. The van der Waals surface area contributed by atoms with Crippen molar-refractivity contribution in [3.8, 4) is 0 Å². The van der Waals surface area contributed by atoms with E-state index in [1.165, 1.54) is 161 Å². The van der Waals surface area contributed by atoms with E-state index in [1.807, 2.05) is 6.07 Å². The van der Waals surface area contributed by atoms with Gasteiger partial charge in [-0.25, -0.2) is 4.39 Å². The number of hydrogen-bond acceptors (Lipinski definition) is 1. The number of benzene rings is 1. The van der Waals surface area contributed by atoms with Crippen LogP contribution in [0.25, 0.3) is 10.9 Å². The fourth-order valence-electron chi connectivity index (χ4n) is 7.95. The number of hydrogen-bond donors (Lipinski definition) is 2. The molecule has 2 unspecified atom stereocenters. The van der Waals surface area contributed by atoms with E-state index in [9.17, 15) is 4.39 Å². The minimum Gasteiger partial charge on any atom is -0.380 e. The molecule has 2 nitrogen and oxygen atoms in total. The van der Waals surface area contributed by atoms with Crippen LogP contribution >= 0.6 is 11.6 Å². The third kappa shape index (κ3) is 12.4. The van der Waals surface area contributed by atoms with Crippen LogP contribution in [0.5, 0.6) is 0 Å². The predicted octanol–water partition coefficient (Wildman–Crippen LogP) is 13.5. The monoisotopic (exact) mass is 600 g/mol. The van der Waals surface area contributed by atoms with Gasteiger partial charge in [0.25, 0.3) is 0 Å². The summed E-state index contributed by atoms with van der Waals surface area (Å²) in [4.78, 5) is 3.07. The van der Waals surface area contributed by atoms with Crippen LogP contribution in [-0.4, -0.2) is 11.0 Å². The van der Waals surface area contributed by atoms with Gasteiger partial charge in [0.15, 0.2) is 0 Å². The van der Waals surface area contributed by atoms with E-state index in [2.05, 4.69) is 10.3 Å². The van der Waals surface area contributed by atoms with Crippen LogP contribution in [0.15, 0.2) is 18.3 Å². The number of aromatic nitrogens is 1. The highest BCUT2D eigenvalue weighted by Crippen LogP contribution is 2.33. The van der Waals surface area contributed by atoms with Gasteiger partial charge in [-0.3, -0.25) is 0 Å². The van der Waals surface area contributed by atoms with Crippen molar-refractivity contribution >= 4 is 28.2 Å². The Morgan fingerprint density at radius 2 is 1.00 bits per heavy atom. The zero-order valence-corrected chi connectivity index (χ0v) is 27.6. The molecule has 238 valence electrons. The maximum Gasteiger partial charge on any atom is 0.148 e. The van der Waals surface area contributed by atoms with Crippen molar-refractivity contribution in [1.82, 2.24) is 4.98 Å². The molecular weight excluding hydrogens is 539 g/mol. The first-order valence-electron chi connectivity index (χ1n) is 18.4. The van der Waals surface area contributed by atoms with Crippen molar-refractivity contribution < 1.29 is 4.39 Å². The van der Waals surface area contributed by atoms with Gasteiger partial charge >= 0.3 is 0 Å². The van der Waals surface area contributed by atoms with Gasteiger partial charge < -0.3 is 10.3 Å². The zero-order valence-electron chi connectivity index (χ0n) is 26.8.